The Morgan fingerprint density at radius 1 is 1.57 bits per heavy atom. The first-order chi connectivity index (χ1) is 10.2. The number of amides is 1. The van der Waals surface area contributed by atoms with Crippen molar-refractivity contribution in [2.45, 2.75) is 19.0 Å². The molecule has 0 aromatic heterocycles. The quantitative estimate of drug-likeness (QED) is 0.837. The predicted molar refractivity (Wildman–Crippen MR) is 78.2 cm³/mol. The normalized spacial score (nSPS) is 21.0. The van der Waals surface area contributed by atoms with Crippen molar-refractivity contribution in [1.29, 1.82) is 0 Å². The number of carbonyl (C=O) groups is 1. The number of nitrogens with zero attached hydrogens (tertiary/aromatic N) is 1. The molecule has 0 bridgehead atoms. The lowest BCUT2D eigenvalue weighted by Crippen LogP contribution is -2.56. The summed E-state index contributed by atoms with van der Waals surface area (Å²) in [7, 11) is 0. The zero-order valence-corrected chi connectivity index (χ0v) is 12.2. The highest BCUT2D eigenvalue weighted by molar-refractivity contribution is 5.82. The van der Waals surface area contributed by atoms with Crippen molar-refractivity contribution in [3.8, 4) is 0 Å². The van der Waals surface area contributed by atoms with Gasteiger partial charge in [-0.3, -0.25) is 9.69 Å². The number of nitrogens with one attached hydrogen (secondary N) is 1. The van der Waals surface area contributed by atoms with E-state index in [0.717, 1.165) is 0 Å². The average Bonchev–Trinajstić information content (AvgIpc) is 2.50. The molecule has 0 saturated carbocycles. The fourth-order valence-electron chi connectivity index (χ4n) is 2.69. The van der Waals surface area contributed by atoms with Crippen molar-refractivity contribution in [3.63, 3.8) is 0 Å². The summed E-state index contributed by atoms with van der Waals surface area (Å²) >= 11 is 0. The number of benzene rings is 1. The monoisotopic (exact) mass is 295 g/mol. The molecule has 2 atom stereocenters. The Bertz CT molecular complexity index is 484. The third-order valence-electron chi connectivity index (χ3n) is 3.71. The summed E-state index contributed by atoms with van der Waals surface area (Å²) in [5.41, 5.74) is 6.38. The number of likely N-dealkylation sites (N-methyl/N-ethyl adjacent to an activating group) is 1. The smallest absolute Gasteiger partial charge is 0.239 e. The van der Waals surface area contributed by atoms with Gasteiger partial charge in [0, 0.05) is 25.2 Å². The van der Waals surface area contributed by atoms with E-state index in [1.54, 1.807) is 18.2 Å². The van der Waals surface area contributed by atoms with Gasteiger partial charge < -0.3 is 15.8 Å². The molecule has 1 aromatic carbocycles. The first-order valence-electron chi connectivity index (χ1n) is 7.24. The van der Waals surface area contributed by atoms with Crippen molar-refractivity contribution >= 4 is 5.91 Å². The van der Waals surface area contributed by atoms with Crippen LogP contribution in [0, 0.1) is 5.82 Å². The van der Waals surface area contributed by atoms with Gasteiger partial charge in [-0.15, -0.1) is 0 Å². The van der Waals surface area contributed by atoms with Crippen LogP contribution >= 0.6 is 0 Å². The highest BCUT2D eigenvalue weighted by Gasteiger charge is 2.35. The average molecular weight is 295 g/mol. The molecule has 116 valence electrons. The van der Waals surface area contributed by atoms with Crippen molar-refractivity contribution in [2.24, 2.45) is 5.73 Å². The van der Waals surface area contributed by atoms with E-state index in [4.69, 9.17) is 10.5 Å². The fraction of sp³-hybridized carbons (Fsp3) is 0.533. The van der Waals surface area contributed by atoms with E-state index >= 15 is 0 Å². The predicted octanol–water partition coefficient (Wildman–Crippen LogP) is 0.662. The molecule has 1 aromatic rings. The van der Waals surface area contributed by atoms with Gasteiger partial charge in [0.25, 0.3) is 0 Å². The third kappa shape index (κ3) is 3.58. The van der Waals surface area contributed by atoms with Gasteiger partial charge in [-0.05, 0) is 13.0 Å². The number of hydrogen-bond acceptors (Lipinski definition) is 4. The molecule has 3 N–H and O–H groups in total. The lowest BCUT2D eigenvalue weighted by atomic mass is 10.0. The highest BCUT2D eigenvalue weighted by atomic mass is 19.1. The minimum absolute atomic E-state index is 0.105. The van der Waals surface area contributed by atoms with E-state index in [1.165, 1.54) is 6.07 Å². The molecule has 1 aliphatic heterocycles. The maximum Gasteiger partial charge on any atom is 0.239 e. The largest absolute Gasteiger partial charge is 0.378 e. The number of morpholine rings is 1. The van der Waals surface area contributed by atoms with Crippen LogP contribution in [0.2, 0.25) is 0 Å². The summed E-state index contributed by atoms with van der Waals surface area (Å²) in [5.74, 6) is -0.402. The molecule has 1 aliphatic rings. The Morgan fingerprint density at radius 2 is 2.33 bits per heavy atom. The van der Waals surface area contributed by atoms with E-state index in [1.807, 2.05) is 11.8 Å². The topological polar surface area (TPSA) is 67.6 Å². The van der Waals surface area contributed by atoms with Crippen LogP contribution in [0.3, 0.4) is 0 Å². The van der Waals surface area contributed by atoms with Crippen LogP contribution in [0.5, 0.6) is 0 Å². The second-order valence-corrected chi connectivity index (χ2v) is 5.00. The molecule has 1 fully saturated rings. The lowest BCUT2D eigenvalue weighted by Gasteiger charge is -2.39. The Morgan fingerprint density at radius 3 is 3.00 bits per heavy atom. The van der Waals surface area contributed by atoms with Crippen LogP contribution in [0.4, 0.5) is 4.39 Å². The van der Waals surface area contributed by atoms with Gasteiger partial charge in [0.2, 0.25) is 5.91 Å². The van der Waals surface area contributed by atoms with Crippen LogP contribution in [0.1, 0.15) is 18.5 Å². The maximum atomic E-state index is 14.0. The summed E-state index contributed by atoms with van der Waals surface area (Å²) in [6.45, 7) is 4.03. The maximum absolute atomic E-state index is 14.0. The van der Waals surface area contributed by atoms with Crippen molar-refractivity contribution in [2.75, 3.05) is 32.8 Å². The van der Waals surface area contributed by atoms with Gasteiger partial charge in [-0.1, -0.05) is 18.2 Å². The van der Waals surface area contributed by atoms with E-state index < -0.39 is 6.04 Å². The number of hydrogen-bond donors (Lipinski definition) is 2. The molecule has 21 heavy (non-hydrogen) atoms. The standard InChI is InChI=1S/C15H22FN3O2/c1-2-18-15(20)14-10-21-8-7-19(14)13(9-17)11-5-3-4-6-12(11)16/h3-6,13-14H,2,7-10,17H2,1H3,(H,18,20). The molecule has 0 spiro atoms. The van der Waals surface area contributed by atoms with Crippen molar-refractivity contribution < 1.29 is 13.9 Å². The van der Waals surface area contributed by atoms with Gasteiger partial charge in [0.05, 0.1) is 19.3 Å². The molecule has 2 unspecified atom stereocenters. The highest BCUT2D eigenvalue weighted by Crippen LogP contribution is 2.26. The molecule has 1 saturated heterocycles. The first kappa shape index (κ1) is 15.9. The van der Waals surface area contributed by atoms with E-state index in [-0.39, 0.29) is 24.3 Å². The fourth-order valence-corrected chi connectivity index (χ4v) is 2.69. The molecule has 0 aliphatic carbocycles. The van der Waals surface area contributed by atoms with Gasteiger partial charge in [0.1, 0.15) is 11.9 Å². The minimum Gasteiger partial charge on any atom is -0.378 e. The third-order valence-corrected chi connectivity index (χ3v) is 3.71. The number of carbonyl (C=O) groups excluding carboxylic acids is 1. The summed E-state index contributed by atoms with van der Waals surface area (Å²) in [5, 5.41) is 2.80. The molecule has 0 radical (unpaired) electrons. The minimum atomic E-state index is -0.438. The Labute approximate surface area is 124 Å². The first-order valence-corrected chi connectivity index (χ1v) is 7.24. The van der Waals surface area contributed by atoms with Gasteiger partial charge in [0.15, 0.2) is 0 Å². The Kier molecular flexibility index (Phi) is 5.67. The second-order valence-electron chi connectivity index (χ2n) is 5.00. The zero-order valence-electron chi connectivity index (χ0n) is 12.2. The van der Waals surface area contributed by atoms with E-state index in [9.17, 15) is 9.18 Å². The van der Waals surface area contributed by atoms with E-state index in [0.29, 0.717) is 31.9 Å². The van der Waals surface area contributed by atoms with Crippen molar-refractivity contribution in [3.05, 3.63) is 35.6 Å². The molecule has 2 rings (SSSR count). The van der Waals surface area contributed by atoms with E-state index in [2.05, 4.69) is 5.32 Å². The molecular formula is C15H22FN3O2. The SMILES string of the molecule is CCNC(=O)C1COCCN1C(CN)c1ccccc1F. The zero-order chi connectivity index (χ0) is 15.2. The lowest BCUT2D eigenvalue weighted by molar-refractivity contribution is -0.134. The molecule has 6 heteroatoms. The van der Waals surface area contributed by atoms with Crippen LogP contribution in [0.25, 0.3) is 0 Å². The summed E-state index contributed by atoms with van der Waals surface area (Å²) in [6, 6.07) is 5.79. The summed E-state index contributed by atoms with van der Waals surface area (Å²) < 4.78 is 19.4. The van der Waals surface area contributed by atoms with Gasteiger partial charge in [-0.2, -0.15) is 0 Å². The Balaban J connectivity index is 2.25. The molecule has 1 amide bonds. The van der Waals surface area contributed by atoms with Crippen LogP contribution in [-0.4, -0.2) is 49.7 Å². The van der Waals surface area contributed by atoms with Crippen molar-refractivity contribution in [1.82, 2.24) is 10.2 Å². The van der Waals surface area contributed by atoms with Crippen LogP contribution in [0.15, 0.2) is 24.3 Å². The number of rotatable bonds is 5. The van der Waals surface area contributed by atoms with Gasteiger partial charge in [-0.25, -0.2) is 4.39 Å². The summed E-state index contributed by atoms with van der Waals surface area (Å²) in [4.78, 5) is 14.1. The van der Waals surface area contributed by atoms with Crippen LogP contribution in [-0.2, 0) is 9.53 Å². The molecule has 5 nitrogen and oxygen atoms in total. The molecular weight excluding hydrogens is 273 g/mol. The molecule has 1 heterocycles. The summed E-state index contributed by atoms with van der Waals surface area (Å²) in [6.07, 6.45) is 0. The van der Waals surface area contributed by atoms with Gasteiger partial charge >= 0.3 is 0 Å². The number of nitrogens with two attached hydrogens (primary N) is 1. The number of ether oxygens (including phenoxy) is 1. The van der Waals surface area contributed by atoms with Crippen LogP contribution < -0.4 is 11.1 Å². The Hall–Kier alpha value is -1.50. The second kappa shape index (κ2) is 7.49. The number of halogens is 1.